The molecule has 72 valence electrons. The molecule has 1 aliphatic heterocycles. The lowest BCUT2D eigenvalue weighted by Gasteiger charge is -2.34. The third-order valence-corrected chi connectivity index (χ3v) is 3.91. The summed E-state index contributed by atoms with van der Waals surface area (Å²) in [6.07, 6.45) is -0.00740. The highest BCUT2D eigenvalue weighted by Gasteiger charge is 2.33. The lowest BCUT2D eigenvalue weighted by atomic mass is 10.2. The first kappa shape index (κ1) is 10.2. The summed E-state index contributed by atoms with van der Waals surface area (Å²) in [5.74, 6) is 0.443. The second-order valence-corrected chi connectivity index (χ2v) is 5.30. The van der Waals surface area contributed by atoms with Gasteiger partial charge in [-0.3, -0.25) is 0 Å². The molecule has 0 saturated carbocycles. The van der Waals surface area contributed by atoms with Crippen LogP contribution in [0.2, 0.25) is 0 Å². The fourth-order valence-electron chi connectivity index (χ4n) is 1.01. The van der Waals surface area contributed by atoms with Crippen molar-refractivity contribution < 1.29 is 13.5 Å². The van der Waals surface area contributed by atoms with Gasteiger partial charge in [0.1, 0.15) is 0 Å². The highest BCUT2D eigenvalue weighted by Crippen LogP contribution is 2.14. The van der Waals surface area contributed by atoms with Gasteiger partial charge in [0.25, 0.3) is 0 Å². The molecule has 0 atom stereocenters. The predicted molar refractivity (Wildman–Crippen MR) is 46.7 cm³/mol. The normalized spacial score (nSPS) is 20.8. The zero-order chi connectivity index (χ0) is 9.19. The molecule has 0 aromatic carbocycles. The van der Waals surface area contributed by atoms with E-state index in [0.717, 1.165) is 0 Å². The summed E-state index contributed by atoms with van der Waals surface area (Å²) in [6, 6.07) is 0. The SMILES string of the molecule is O=S(=O)(CCCCl)N1CC(O)C1. The van der Waals surface area contributed by atoms with E-state index in [0.29, 0.717) is 12.3 Å². The Morgan fingerprint density at radius 3 is 2.50 bits per heavy atom. The number of β-amino-alcohol motifs (C(OH)–C–C–N with tert-alkyl or cyclic N) is 1. The molecule has 0 radical (unpaired) electrons. The largest absolute Gasteiger partial charge is 0.390 e. The van der Waals surface area contributed by atoms with Crippen LogP contribution in [0.5, 0.6) is 0 Å². The summed E-state index contributed by atoms with van der Waals surface area (Å²) < 4.78 is 23.8. The van der Waals surface area contributed by atoms with Crippen LogP contribution in [0.3, 0.4) is 0 Å². The molecule has 4 nitrogen and oxygen atoms in total. The number of alkyl halides is 1. The van der Waals surface area contributed by atoms with Crippen LogP contribution in [-0.4, -0.2) is 48.7 Å². The number of nitrogens with zero attached hydrogens (tertiary/aromatic N) is 1. The van der Waals surface area contributed by atoms with E-state index < -0.39 is 16.1 Å². The Kier molecular flexibility index (Phi) is 3.34. The minimum atomic E-state index is -3.13. The van der Waals surface area contributed by atoms with Crippen molar-refractivity contribution in [3.05, 3.63) is 0 Å². The topological polar surface area (TPSA) is 57.6 Å². The molecule has 0 spiro atoms. The van der Waals surface area contributed by atoms with E-state index in [1.807, 2.05) is 0 Å². The predicted octanol–water partition coefficient (Wildman–Crippen LogP) is -0.378. The number of halogens is 1. The average Bonchev–Trinajstić information content (AvgIpc) is 1.95. The van der Waals surface area contributed by atoms with E-state index in [4.69, 9.17) is 16.7 Å². The van der Waals surface area contributed by atoms with Crippen molar-refractivity contribution in [3.8, 4) is 0 Å². The molecular weight excluding hydrogens is 202 g/mol. The molecule has 0 aromatic rings. The van der Waals surface area contributed by atoms with Crippen LogP contribution in [0.15, 0.2) is 0 Å². The van der Waals surface area contributed by atoms with Crippen molar-refractivity contribution in [2.75, 3.05) is 24.7 Å². The van der Waals surface area contributed by atoms with Gasteiger partial charge in [-0.2, -0.15) is 4.31 Å². The van der Waals surface area contributed by atoms with Crippen molar-refractivity contribution in [2.24, 2.45) is 0 Å². The van der Waals surface area contributed by atoms with Crippen LogP contribution in [0.25, 0.3) is 0 Å². The zero-order valence-electron chi connectivity index (χ0n) is 6.61. The standard InChI is InChI=1S/C6H12ClNO3S/c7-2-1-3-12(10,11)8-4-6(9)5-8/h6,9H,1-5H2. The Bertz CT molecular complexity index is 235. The van der Waals surface area contributed by atoms with Gasteiger partial charge in [0.2, 0.25) is 10.0 Å². The molecule has 1 saturated heterocycles. The number of hydrogen-bond acceptors (Lipinski definition) is 3. The number of hydrogen-bond donors (Lipinski definition) is 1. The van der Waals surface area contributed by atoms with Crippen LogP contribution in [-0.2, 0) is 10.0 Å². The third kappa shape index (κ3) is 2.32. The van der Waals surface area contributed by atoms with E-state index >= 15 is 0 Å². The second-order valence-electron chi connectivity index (χ2n) is 2.83. The first-order valence-electron chi connectivity index (χ1n) is 3.78. The molecular formula is C6H12ClNO3S. The molecule has 1 rings (SSSR count). The average molecular weight is 214 g/mol. The van der Waals surface area contributed by atoms with Gasteiger partial charge in [-0.1, -0.05) is 0 Å². The van der Waals surface area contributed by atoms with Crippen LogP contribution in [0.1, 0.15) is 6.42 Å². The van der Waals surface area contributed by atoms with Crippen molar-refractivity contribution in [1.82, 2.24) is 4.31 Å². The fraction of sp³-hybridized carbons (Fsp3) is 1.00. The van der Waals surface area contributed by atoms with E-state index in [1.54, 1.807) is 0 Å². The summed E-state index contributed by atoms with van der Waals surface area (Å²) in [5, 5.41) is 8.87. The lowest BCUT2D eigenvalue weighted by Crippen LogP contribution is -2.54. The van der Waals surface area contributed by atoms with Crippen LogP contribution < -0.4 is 0 Å². The first-order valence-corrected chi connectivity index (χ1v) is 5.92. The van der Waals surface area contributed by atoms with Crippen LogP contribution in [0.4, 0.5) is 0 Å². The molecule has 0 aromatic heterocycles. The van der Waals surface area contributed by atoms with Crippen LogP contribution in [0, 0.1) is 0 Å². The Morgan fingerprint density at radius 2 is 2.08 bits per heavy atom. The molecule has 1 fully saturated rings. The van der Waals surface area contributed by atoms with Crippen molar-refractivity contribution in [3.63, 3.8) is 0 Å². The third-order valence-electron chi connectivity index (χ3n) is 1.76. The molecule has 6 heteroatoms. The molecule has 0 aliphatic carbocycles. The van der Waals surface area contributed by atoms with E-state index in [1.165, 1.54) is 4.31 Å². The molecule has 1 aliphatic rings. The maximum Gasteiger partial charge on any atom is 0.214 e. The Balaban J connectivity index is 2.39. The van der Waals surface area contributed by atoms with Gasteiger partial charge in [0.15, 0.2) is 0 Å². The molecule has 0 amide bonds. The summed E-state index contributed by atoms with van der Waals surface area (Å²) >= 11 is 5.37. The minimum absolute atomic E-state index is 0.0865. The second kappa shape index (κ2) is 3.91. The molecule has 1 N–H and O–H groups in total. The van der Waals surface area contributed by atoms with Gasteiger partial charge >= 0.3 is 0 Å². The van der Waals surface area contributed by atoms with Crippen molar-refractivity contribution in [1.29, 1.82) is 0 Å². The highest BCUT2D eigenvalue weighted by molar-refractivity contribution is 7.89. The summed E-state index contributed by atoms with van der Waals surface area (Å²) in [5.41, 5.74) is 0. The number of aliphatic hydroxyl groups excluding tert-OH is 1. The highest BCUT2D eigenvalue weighted by atomic mass is 35.5. The van der Waals surface area contributed by atoms with Gasteiger partial charge < -0.3 is 5.11 Å². The van der Waals surface area contributed by atoms with Crippen LogP contribution >= 0.6 is 11.6 Å². The number of rotatable bonds is 4. The van der Waals surface area contributed by atoms with Gasteiger partial charge in [0.05, 0.1) is 11.9 Å². The minimum Gasteiger partial charge on any atom is -0.390 e. The number of aliphatic hydroxyl groups is 1. The first-order chi connectivity index (χ1) is 5.56. The maximum atomic E-state index is 11.3. The molecule has 0 unspecified atom stereocenters. The molecule has 12 heavy (non-hydrogen) atoms. The molecule has 0 bridgehead atoms. The summed E-state index contributed by atoms with van der Waals surface area (Å²) in [6.45, 7) is 0.481. The van der Waals surface area contributed by atoms with Gasteiger partial charge in [-0.05, 0) is 6.42 Å². The summed E-state index contributed by atoms with van der Waals surface area (Å²) in [7, 11) is -3.13. The number of sulfonamides is 1. The van der Waals surface area contributed by atoms with Gasteiger partial charge in [-0.15, -0.1) is 11.6 Å². The van der Waals surface area contributed by atoms with Gasteiger partial charge in [0, 0.05) is 19.0 Å². The van der Waals surface area contributed by atoms with Gasteiger partial charge in [-0.25, -0.2) is 8.42 Å². The Labute approximate surface area is 77.2 Å². The quantitative estimate of drug-likeness (QED) is 0.648. The van der Waals surface area contributed by atoms with E-state index in [-0.39, 0.29) is 18.8 Å². The Morgan fingerprint density at radius 1 is 1.50 bits per heavy atom. The van der Waals surface area contributed by atoms with Crippen molar-refractivity contribution >= 4 is 21.6 Å². The smallest absolute Gasteiger partial charge is 0.214 e. The Hall–Kier alpha value is 0.160. The van der Waals surface area contributed by atoms with E-state index in [2.05, 4.69) is 0 Å². The fourth-order valence-corrected chi connectivity index (χ4v) is 2.87. The maximum absolute atomic E-state index is 11.3. The van der Waals surface area contributed by atoms with E-state index in [9.17, 15) is 8.42 Å². The zero-order valence-corrected chi connectivity index (χ0v) is 8.18. The van der Waals surface area contributed by atoms with Crippen molar-refractivity contribution in [2.45, 2.75) is 12.5 Å². The lowest BCUT2D eigenvalue weighted by molar-refractivity contribution is 0.0548. The molecule has 1 heterocycles. The summed E-state index contributed by atoms with van der Waals surface area (Å²) in [4.78, 5) is 0. The monoisotopic (exact) mass is 213 g/mol.